The van der Waals surface area contributed by atoms with Crippen LogP contribution in [-0.2, 0) is 6.42 Å². The van der Waals surface area contributed by atoms with Gasteiger partial charge in [0, 0.05) is 5.56 Å². The summed E-state index contributed by atoms with van der Waals surface area (Å²) in [6.45, 7) is 2.17. The summed E-state index contributed by atoms with van der Waals surface area (Å²) in [5.74, 6) is -0.173. The molecule has 0 spiro atoms. The van der Waals surface area contributed by atoms with Gasteiger partial charge in [-0.1, -0.05) is 80.1 Å². The molecule has 0 saturated heterocycles. The van der Waals surface area contributed by atoms with Crippen molar-refractivity contribution in [3.05, 3.63) is 84.2 Å². The average Bonchev–Trinajstić information content (AvgIpc) is 2.56. The van der Waals surface area contributed by atoms with Gasteiger partial charge in [-0.15, -0.1) is 0 Å². The highest BCUT2D eigenvalue weighted by atomic mass is 19.1. The molecule has 0 radical (unpaired) electrons. The van der Waals surface area contributed by atoms with E-state index in [0.29, 0.717) is 5.56 Å². The second-order valence-electron chi connectivity index (χ2n) is 5.44. The molecule has 3 rings (SSSR count). The third kappa shape index (κ3) is 2.80. The van der Waals surface area contributed by atoms with Crippen LogP contribution in [0, 0.1) is 5.82 Å². The lowest BCUT2D eigenvalue weighted by Crippen LogP contribution is -1.94. The molecule has 22 heavy (non-hydrogen) atoms. The van der Waals surface area contributed by atoms with Crippen LogP contribution in [0.25, 0.3) is 22.3 Å². The van der Waals surface area contributed by atoms with E-state index in [-0.39, 0.29) is 5.82 Å². The standard InChI is InChI=1S/C21H19F/c1-2-9-16-12-8-14-19(18-13-6-7-15-20(18)22)21(16)17-10-4-3-5-11-17/h3-8,10-15H,2,9H2,1H3. The Balaban J connectivity index is 2.27. The highest BCUT2D eigenvalue weighted by Gasteiger charge is 2.14. The van der Waals surface area contributed by atoms with Crippen LogP contribution in [0.2, 0.25) is 0 Å². The second kappa shape index (κ2) is 6.57. The Labute approximate surface area is 131 Å². The summed E-state index contributed by atoms with van der Waals surface area (Å²) >= 11 is 0. The van der Waals surface area contributed by atoms with Crippen molar-refractivity contribution in [2.24, 2.45) is 0 Å². The Bertz CT molecular complexity index is 760. The molecule has 0 fully saturated rings. The fourth-order valence-electron chi connectivity index (χ4n) is 2.93. The van der Waals surface area contributed by atoms with Gasteiger partial charge in [-0.25, -0.2) is 4.39 Å². The number of halogens is 1. The maximum Gasteiger partial charge on any atom is 0.131 e. The zero-order chi connectivity index (χ0) is 15.4. The van der Waals surface area contributed by atoms with Crippen LogP contribution in [0.3, 0.4) is 0 Å². The maximum absolute atomic E-state index is 14.3. The third-order valence-corrected chi connectivity index (χ3v) is 3.90. The number of aryl methyl sites for hydroxylation is 1. The Morgan fingerprint density at radius 2 is 1.41 bits per heavy atom. The van der Waals surface area contributed by atoms with Gasteiger partial charge in [0.05, 0.1) is 0 Å². The van der Waals surface area contributed by atoms with Crippen molar-refractivity contribution in [1.29, 1.82) is 0 Å². The van der Waals surface area contributed by atoms with Gasteiger partial charge in [0.15, 0.2) is 0 Å². The molecule has 1 heteroatoms. The molecule has 0 unspecified atom stereocenters. The van der Waals surface area contributed by atoms with Crippen LogP contribution in [0.1, 0.15) is 18.9 Å². The van der Waals surface area contributed by atoms with Gasteiger partial charge in [-0.05, 0) is 34.7 Å². The number of hydrogen-bond acceptors (Lipinski definition) is 0. The van der Waals surface area contributed by atoms with Gasteiger partial charge >= 0.3 is 0 Å². The van der Waals surface area contributed by atoms with E-state index in [0.717, 1.165) is 29.5 Å². The molecule has 0 nitrogen and oxygen atoms in total. The molecule has 0 aliphatic heterocycles. The summed E-state index contributed by atoms with van der Waals surface area (Å²) in [4.78, 5) is 0. The van der Waals surface area contributed by atoms with E-state index in [9.17, 15) is 4.39 Å². The molecular formula is C21H19F. The van der Waals surface area contributed by atoms with Crippen molar-refractivity contribution < 1.29 is 4.39 Å². The number of rotatable bonds is 4. The average molecular weight is 290 g/mol. The van der Waals surface area contributed by atoms with Gasteiger partial charge in [-0.3, -0.25) is 0 Å². The minimum absolute atomic E-state index is 0.173. The van der Waals surface area contributed by atoms with E-state index in [1.165, 1.54) is 11.6 Å². The summed E-state index contributed by atoms with van der Waals surface area (Å²) in [6.07, 6.45) is 2.06. The van der Waals surface area contributed by atoms with Crippen LogP contribution >= 0.6 is 0 Å². The van der Waals surface area contributed by atoms with Crippen LogP contribution in [0.5, 0.6) is 0 Å². The van der Waals surface area contributed by atoms with Gasteiger partial charge in [0.2, 0.25) is 0 Å². The minimum Gasteiger partial charge on any atom is -0.206 e. The van der Waals surface area contributed by atoms with Crippen molar-refractivity contribution in [2.45, 2.75) is 19.8 Å². The highest BCUT2D eigenvalue weighted by molar-refractivity contribution is 5.86. The first-order chi connectivity index (χ1) is 10.8. The van der Waals surface area contributed by atoms with Crippen molar-refractivity contribution in [3.63, 3.8) is 0 Å². The molecule has 0 amide bonds. The summed E-state index contributed by atoms with van der Waals surface area (Å²) in [5.41, 5.74) is 5.20. The topological polar surface area (TPSA) is 0 Å². The van der Waals surface area contributed by atoms with E-state index < -0.39 is 0 Å². The van der Waals surface area contributed by atoms with Crippen LogP contribution in [0.4, 0.5) is 4.39 Å². The molecule has 0 aliphatic rings. The van der Waals surface area contributed by atoms with Crippen LogP contribution < -0.4 is 0 Å². The summed E-state index contributed by atoms with van der Waals surface area (Å²) in [6, 6.07) is 23.5. The zero-order valence-corrected chi connectivity index (χ0v) is 12.7. The van der Waals surface area contributed by atoms with E-state index in [1.807, 2.05) is 42.5 Å². The Morgan fingerprint density at radius 3 is 2.14 bits per heavy atom. The summed E-state index contributed by atoms with van der Waals surface area (Å²) in [7, 11) is 0. The number of hydrogen-bond donors (Lipinski definition) is 0. The fourth-order valence-corrected chi connectivity index (χ4v) is 2.93. The van der Waals surface area contributed by atoms with E-state index in [4.69, 9.17) is 0 Å². The Hall–Kier alpha value is -2.41. The molecule has 0 saturated carbocycles. The quantitative estimate of drug-likeness (QED) is 0.543. The SMILES string of the molecule is CCCc1cccc(-c2ccccc2F)c1-c1ccccc1. The summed E-state index contributed by atoms with van der Waals surface area (Å²) < 4.78 is 14.3. The van der Waals surface area contributed by atoms with E-state index >= 15 is 0 Å². The molecule has 3 aromatic carbocycles. The van der Waals surface area contributed by atoms with Gasteiger partial charge in [0.1, 0.15) is 5.82 Å². The zero-order valence-electron chi connectivity index (χ0n) is 12.7. The lowest BCUT2D eigenvalue weighted by Gasteiger charge is -2.16. The minimum atomic E-state index is -0.173. The molecule has 0 aromatic heterocycles. The Morgan fingerprint density at radius 1 is 0.727 bits per heavy atom. The monoisotopic (exact) mass is 290 g/mol. The van der Waals surface area contributed by atoms with Gasteiger partial charge in [0.25, 0.3) is 0 Å². The number of benzene rings is 3. The van der Waals surface area contributed by atoms with Crippen molar-refractivity contribution in [1.82, 2.24) is 0 Å². The van der Waals surface area contributed by atoms with Gasteiger partial charge in [-0.2, -0.15) is 0 Å². The molecular weight excluding hydrogens is 271 g/mol. The van der Waals surface area contributed by atoms with Crippen molar-refractivity contribution >= 4 is 0 Å². The smallest absolute Gasteiger partial charge is 0.131 e. The first kappa shape index (κ1) is 14.5. The lowest BCUT2D eigenvalue weighted by molar-refractivity contribution is 0.631. The molecule has 0 aliphatic carbocycles. The van der Waals surface area contributed by atoms with E-state index in [1.54, 1.807) is 6.07 Å². The molecule has 0 bridgehead atoms. The normalized spacial score (nSPS) is 10.6. The highest BCUT2D eigenvalue weighted by Crippen LogP contribution is 2.36. The predicted octanol–water partition coefficient (Wildman–Crippen LogP) is 6.11. The fraction of sp³-hybridized carbons (Fsp3) is 0.143. The molecule has 0 N–H and O–H groups in total. The molecule has 0 heterocycles. The van der Waals surface area contributed by atoms with Crippen LogP contribution in [-0.4, -0.2) is 0 Å². The first-order valence-electron chi connectivity index (χ1n) is 7.73. The Kier molecular flexibility index (Phi) is 4.34. The van der Waals surface area contributed by atoms with Crippen LogP contribution in [0.15, 0.2) is 72.8 Å². The van der Waals surface area contributed by atoms with Crippen molar-refractivity contribution in [2.75, 3.05) is 0 Å². The van der Waals surface area contributed by atoms with Gasteiger partial charge < -0.3 is 0 Å². The lowest BCUT2D eigenvalue weighted by atomic mass is 9.89. The third-order valence-electron chi connectivity index (χ3n) is 3.90. The second-order valence-corrected chi connectivity index (χ2v) is 5.44. The maximum atomic E-state index is 14.3. The summed E-state index contributed by atoms with van der Waals surface area (Å²) in [5, 5.41) is 0. The largest absolute Gasteiger partial charge is 0.206 e. The first-order valence-corrected chi connectivity index (χ1v) is 7.73. The molecule has 3 aromatic rings. The van der Waals surface area contributed by atoms with E-state index in [2.05, 4.69) is 25.1 Å². The van der Waals surface area contributed by atoms with Crippen molar-refractivity contribution in [3.8, 4) is 22.3 Å². The molecule has 0 atom stereocenters. The molecule has 110 valence electrons. The predicted molar refractivity (Wildman–Crippen MR) is 91.3 cm³/mol.